The second-order valence-electron chi connectivity index (χ2n) is 8.51. The normalized spacial score (nSPS) is 20.5. The SMILES string of the molecule is Cc1[nH]nc2ncnc(NCCCOC3CCN(C(=O)CC4CC=CCN4C)CC3)c12. The Morgan fingerprint density at radius 1 is 1.29 bits per heavy atom. The second kappa shape index (κ2) is 10.2. The molecule has 1 saturated heterocycles. The molecule has 0 aromatic carbocycles. The molecule has 4 heterocycles. The first-order valence-electron chi connectivity index (χ1n) is 11.3. The van der Waals surface area contributed by atoms with Gasteiger partial charge >= 0.3 is 0 Å². The number of likely N-dealkylation sites (N-methyl/N-ethyl adjacent to an activating group) is 1. The van der Waals surface area contributed by atoms with Gasteiger partial charge in [-0.05, 0) is 39.7 Å². The molecule has 31 heavy (non-hydrogen) atoms. The van der Waals surface area contributed by atoms with Gasteiger partial charge in [0.1, 0.15) is 12.1 Å². The topological polar surface area (TPSA) is 99.3 Å². The predicted octanol–water partition coefficient (Wildman–Crippen LogP) is 2.12. The van der Waals surface area contributed by atoms with E-state index in [2.05, 4.69) is 49.6 Å². The van der Waals surface area contributed by atoms with Crippen LogP contribution in [0.1, 0.15) is 37.8 Å². The molecule has 2 aromatic rings. The molecule has 2 N–H and O–H groups in total. The molecule has 1 atom stereocenters. The molecule has 9 nitrogen and oxygen atoms in total. The molecule has 1 unspecified atom stereocenters. The first-order valence-corrected chi connectivity index (χ1v) is 11.3. The van der Waals surface area contributed by atoms with E-state index in [-0.39, 0.29) is 12.0 Å². The lowest BCUT2D eigenvalue weighted by Crippen LogP contribution is -2.44. The second-order valence-corrected chi connectivity index (χ2v) is 8.51. The number of ether oxygens (including phenoxy) is 1. The fourth-order valence-corrected chi connectivity index (χ4v) is 4.33. The number of fused-ring (bicyclic) bond motifs is 1. The van der Waals surface area contributed by atoms with Crippen molar-refractivity contribution < 1.29 is 9.53 Å². The van der Waals surface area contributed by atoms with Crippen LogP contribution in [-0.2, 0) is 9.53 Å². The summed E-state index contributed by atoms with van der Waals surface area (Å²) in [6.45, 7) is 5.97. The molecule has 2 aromatic heterocycles. The minimum absolute atomic E-state index is 0.242. The number of hydrogen-bond donors (Lipinski definition) is 2. The van der Waals surface area contributed by atoms with E-state index in [0.29, 0.717) is 24.7 Å². The van der Waals surface area contributed by atoms with Gasteiger partial charge in [-0.25, -0.2) is 9.97 Å². The number of nitrogens with one attached hydrogen (secondary N) is 2. The zero-order valence-corrected chi connectivity index (χ0v) is 18.5. The number of amides is 1. The van der Waals surface area contributed by atoms with E-state index in [1.807, 2.05) is 11.8 Å². The lowest BCUT2D eigenvalue weighted by Gasteiger charge is -2.35. The average molecular weight is 428 g/mol. The van der Waals surface area contributed by atoms with Crippen molar-refractivity contribution in [1.82, 2.24) is 30.0 Å². The predicted molar refractivity (Wildman–Crippen MR) is 120 cm³/mol. The molecule has 9 heteroatoms. The number of likely N-dealkylation sites (tertiary alicyclic amines) is 1. The van der Waals surface area contributed by atoms with Crippen LogP contribution in [-0.4, -0.2) is 87.9 Å². The summed E-state index contributed by atoms with van der Waals surface area (Å²) >= 11 is 0. The molecule has 168 valence electrons. The highest BCUT2D eigenvalue weighted by Gasteiger charge is 2.26. The van der Waals surface area contributed by atoms with Crippen LogP contribution in [0.15, 0.2) is 18.5 Å². The van der Waals surface area contributed by atoms with Gasteiger partial charge in [0, 0.05) is 50.9 Å². The van der Waals surface area contributed by atoms with E-state index < -0.39 is 0 Å². The van der Waals surface area contributed by atoms with E-state index in [1.54, 1.807) is 0 Å². The number of rotatable bonds is 8. The van der Waals surface area contributed by atoms with E-state index in [9.17, 15) is 4.79 Å². The Labute approximate surface area is 183 Å². The summed E-state index contributed by atoms with van der Waals surface area (Å²) in [4.78, 5) is 25.4. The van der Waals surface area contributed by atoms with Crippen molar-refractivity contribution in [3.8, 4) is 0 Å². The number of H-pyrrole nitrogens is 1. The van der Waals surface area contributed by atoms with E-state index >= 15 is 0 Å². The quantitative estimate of drug-likeness (QED) is 0.492. The van der Waals surface area contributed by atoms with Crippen molar-refractivity contribution in [3.05, 3.63) is 24.2 Å². The minimum atomic E-state index is 0.242. The third kappa shape index (κ3) is 5.40. The number of aromatic nitrogens is 4. The van der Waals surface area contributed by atoms with E-state index in [1.165, 1.54) is 6.33 Å². The molecule has 4 rings (SSSR count). The number of hydrogen-bond acceptors (Lipinski definition) is 7. The van der Waals surface area contributed by atoms with Gasteiger partial charge in [-0.2, -0.15) is 5.10 Å². The first kappa shape index (κ1) is 21.7. The Bertz CT molecular complexity index is 904. The van der Waals surface area contributed by atoms with Gasteiger partial charge in [0.2, 0.25) is 5.91 Å². The molecule has 1 fully saturated rings. The lowest BCUT2D eigenvalue weighted by atomic mass is 10.0. The molecule has 1 amide bonds. The van der Waals surface area contributed by atoms with Gasteiger partial charge in [-0.15, -0.1) is 0 Å². The maximum atomic E-state index is 12.7. The van der Waals surface area contributed by atoms with Crippen LogP contribution in [0.4, 0.5) is 5.82 Å². The standard InChI is InChI=1S/C22H33N7O2/c1-16-20-21(24-15-25-22(20)27-26-16)23-9-5-13-31-18-7-11-29(12-8-18)19(30)14-17-6-3-4-10-28(17)2/h3-4,15,17-18H,5-14H2,1-2H3,(H2,23,24,25,26,27). The van der Waals surface area contributed by atoms with Crippen molar-refractivity contribution in [2.24, 2.45) is 0 Å². The number of aromatic amines is 1. The Morgan fingerprint density at radius 3 is 2.94 bits per heavy atom. The molecular formula is C22H33N7O2. The van der Waals surface area contributed by atoms with Crippen LogP contribution in [0, 0.1) is 6.92 Å². The van der Waals surface area contributed by atoms with Gasteiger partial charge in [-0.1, -0.05) is 12.2 Å². The molecule has 0 saturated carbocycles. The third-order valence-corrected chi connectivity index (χ3v) is 6.30. The third-order valence-electron chi connectivity index (χ3n) is 6.30. The highest BCUT2D eigenvalue weighted by atomic mass is 16.5. The summed E-state index contributed by atoms with van der Waals surface area (Å²) in [5, 5.41) is 11.4. The van der Waals surface area contributed by atoms with Crippen LogP contribution in [0.5, 0.6) is 0 Å². The monoisotopic (exact) mass is 427 g/mol. The highest BCUT2D eigenvalue weighted by Crippen LogP contribution is 2.21. The van der Waals surface area contributed by atoms with E-state index in [0.717, 1.165) is 68.8 Å². The molecule has 2 aliphatic rings. The fourth-order valence-electron chi connectivity index (χ4n) is 4.33. The van der Waals surface area contributed by atoms with Crippen molar-refractivity contribution >= 4 is 22.8 Å². The van der Waals surface area contributed by atoms with Crippen LogP contribution in [0.25, 0.3) is 11.0 Å². The van der Waals surface area contributed by atoms with Gasteiger partial charge in [0.05, 0.1) is 11.5 Å². The molecule has 2 aliphatic heterocycles. The van der Waals surface area contributed by atoms with Crippen LogP contribution in [0.2, 0.25) is 0 Å². The number of aryl methyl sites for hydroxylation is 1. The molecule has 0 aliphatic carbocycles. The summed E-state index contributed by atoms with van der Waals surface area (Å²) in [6, 6.07) is 0.334. The molecule has 0 bridgehead atoms. The first-order chi connectivity index (χ1) is 15.1. The fraction of sp³-hybridized carbons (Fsp3) is 0.636. The Hall–Kier alpha value is -2.52. The zero-order chi connectivity index (χ0) is 21.6. The van der Waals surface area contributed by atoms with Gasteiger partial charge in [0.25, 0.3) is 0 Å². The molecule has 0 radical (unpaired) electrons. The summed E-state index contributed by atoms with van der Waals surface area (Å²) < 4.78 is 6.07. The smallest absolute Gasteiger partial charge is 0.224 e. The zero-order valence-electron chi connectivity index (χ0n) is 18.5. The summed E-state index contributed by atoms with van der Waals surface area (Å²) in [5.41, 5.74) is 1.64. The van der Waals surface area contributed by atoms with Crippen molar-refractivity contribution in [2.45, 2.75) is 51.2 Å². The van der Waals surface area contributed by atoms with Crippen LogP contribution >= 0.6 is 0 Å². The largest absolute Gasteiger partial charge is 0.378 e. The number of piperidine rings is 1. The Kier molecular flexibility index (Phi) is 7.14. The lowest BCUT2D eigenvalue weighted by molar-refractivity contribution is -0.135. The molecular weight excluding hydrogens is 394 g/mol. The van der Waals surface area contributed by atoms with Crippen molar-refractivity contribution in [1.29, 1.82) is 0 Å². The number of anilines is 1. The molecule has 0 spiro atoms. The Morgan fingerprint density at radius 2 is 2.13 bits per heavy atom. The van der Waals surface area contributed by atoms with Crippen molar-refractivity contribution in [2.75, 3.05) is 45.2 Å². The van der Waals surface area contributed by atoms with Gasteiger partial charge in [-0.3, -0.25) is 14.8 Å². The maximum Gasteiger partial charge on any atom is 0.224 e. The van der Waals surface area contributed by atoms with Crippen LogP contribution < -0.4 is 5.32 Å². The number of carbonyl (C=O) groups excluding carboxylic acids is 1. The minimum Gasteiger partial charge on any atom is -0.378 e. The number of nitrogens with zero attached hydrogens (tertiary/aromatic N) is 5. The summed E-state index contributed by atoms with van der Waals surface area (Å²) in [6.07, 6.45) is 10.4. The van der Waals surface area contributed by atoms with Gasteiger partial charge < -0.3 is 15.0 Å². The van der Waals surface area contributed by atoms with E-state index in [4.69, 9.17) is 4.74 Å². The highest BCUT2D eigenvalue weighted by molar-refractivity contribution is 5.88. The summed E-state index contributed by atoms with van der Waals surface area (Å²) in [5.74, 6) is 1.09. The van der Waals surface area contributed by atoms with Crippen LogP contribution in [0.3, 0.4) is 0 Å². The maximum absolute atomic E-state index is 12.7. The Balaban J connectivity index is 1.13. The summed E-state index contributed by atoms with van der Waals surface area (Å²) in [7, 11) is 2.10. The van der Waals surface area contributed by atoms with Gasteiger partial charge in [0.15, 0.2) is 5.65 Å². The van der Waals surface area contributed by atoms with Crippen molar-refractivity contribution in [3.63, 3.8) is 0 Å². The number of carbonyl (C=O) groups is 1. The average Bonchev–Trinajstić information content (AvgIpc) is 3.17.